The lowest BCUT2D eigenvalue weighted by molar-refractivity contribution is -0.384. The Morgan fingerprint density at radius 3 is 2.95 bits per heavy atom. The molecule has 1 aromatic heterocycles. The van der Waals surface area contributed by atoms with E-state index in [0.717, 1.165) is 6.42 Å². The molecular weight excluding hydrogens is 270 g/mol. The van der Waals surface area contributed by atoms with Crippen LogP contribution in [0.3, 0.4) is 0 Å². The third-order valence-electron chi connectivity index (χ3n) is 2.72. The number of benzene rings is 1. The topological polar surface area (TPSA) is 99.9 Å². The second kappa shape index (κ2) is 5.33. The van der Waals surface area contributed by atoms with Gasteiger partial charge in [-0.05, 0) is 18.6 Å². The van der Waals surface area contributed by atoms with Gasteiger partial charge in [0.2, 0.25) is 0 Å². The first-order valence-corrected chi connectivity index (χ1v) is 6.03. The molecule has 0 aliphatic carbocycles. The SMILES string of the molecule is CCC(N)c1cn(-c2ccc(Cl)c([N+](=O)[O-])c2)nn1. The molecule has 19 heavy (non-hydrogen) atoms. The lowest BCUT2D eigenvalue weighted by Gasteiger charge is -2.03. The zero-order valence-corrected chi connectivity index (χ0v) is 10.9. The number of rotatable bonds is 4. The Kier molecular flexibility index (Phi) is 3.77. The van der Waals surface area contributed by atoms with Crippen LogP contribution in [0.1, 0.15) is 25.1 Å². The van der Waals surface area contributed by atoms with Gasteiger partial charge in [0.1, 0.15) is 5.02 Å². The van der Waals surface area contributed by atoms with Crippen LogP contribution in [0.25, 0.3) is 5.69 Å². The Bertz CT molecular complexity index is 613. The van der Waals surface area contributed by atoms with Crippen molar-refractivity contribution in [2.45, 2.75) is 19.4 Å². The molecule has 0 bridgehead atoms. The van der Waals surface area contributed by atoms with Crippen LogP contribution >= 0.6 is 11.6 Å². The number of nitrogens with zero attached hydrogens (tertiary/aromatic N) is 4. The molecule has 0 aliphatic heterocycles. The molecule has 1 unspecified atom stereocenters. The summed E-state index contributed by atoms with van der Waals surface area (Å²) in [7, 11) is 0. The Balaban J connectivity index is 2.39. The average Bonchev–Trinajstić information content (AvgIpc) is 2.87. The Morgan fingerprint density at radius 2 is 2.32 bits per heavy atom. The van der Waals surface area contributed by atoms with Crippen LogP contribution in [-0.2, 0) is 0 Å². The molecule has 2 aromatic rings. The fourth-order valence-electron chi connectivity index (χ4n) is 1.57. The van der Waals surface area contributed by atoms with Gasteiger partial charge in [0, 0.05) is 6.07 Å². The lowest BCUT2D eigenvalue weighted by Crippen LogP contribution is -2.08. The van der Waals surface area contributed by atoms with Crippen molar-refractivity contribution >= 4 is 17.3 Å². The molecule has 0 fully saturated rings. The minimum atomic E-state index is -0.540. The Labute approximate surface area is 114 Å². The van der Waals surface area contributed by atoms with E-state index in [-0.39, 0.29) is 16.8 Å². The van der Waals surface area contributed by atoms with Crippen molar-refractivity contribution in [2.75, 3.05) is 0 Å². The highest BCUT2D eigenvalue weighted by Gasteiger charge is 2.15. The first-order chi connectivity index (χ1) is 9.02. The second-order valence-corrected chi connectivity index (χ2v) is 4.40. The predicted octanol–water partition coefficient (Wildman–Crippen LogP) is 2.24. The summed E-state index contributed by atoms with van der Waals surface area (Å²) in [5.41, 5.74) is 6.82. The number of hydrogen-bond donors (Lipinski definition) is 1. The molecule has 2 rings (SSSR count). The molecule has 1 heterocycles. The van der Waals surface area contributed by atoms with Gasteiger partial charge in [-0.25, -0.2) is 4.68 Å². The van der Waals surface area contributed by atoms with E-state index in [1.165, 1.54) is 16.8 Å². The minimum absolute atomic E-state index is 0.0827. The first-order valence-electron chi connectivity index (χ1n) is 5.65. The molecule has 1 atom stereocenters. The van der Waals surface area contributed by atoms with Gasteiger partial charge >= 0.3 is 0 Å². The molecule has 0 saturated heterocycles. The number of hydrogen-bond acceptors (Lipinski definition) is 5. The van der Waals surface area contributed by atoms with E-state index in [1.807, 2.05) is 6.92 Å². The van der Waals surface area contributed by atoms with Crippen molar-refractivity contribution in [3.63, 3.8) is 0 Å². The number of nitro groups is 1. The third-order valence-corrected chi connectivity index (χ3v) is 3.04. The smallest absolute Gasteiger partial charge is 0.290 e. The summed E-state index contributed by atoms with van der Waals surface area (Å²) in [6.07, 6.45) is 2.39. The maximum Gasteiger partial charge on any atom is 0.290 e. The van der Waals surface area contributed by atoms with Crippen molar-refractivity contribution in [1.82, 2.24) is 15.0 Å². The van der Waals surface area contributed by atoms with E-state index in [1.54, 1.807) is 12.3 Å². The van der Waals surface area contributed by atoms with Crippen molar-refractivity contribution in [2.24, 2.45) is 5.73 Å². The molecule has 7 nitrogen and oxygen atoms in total. The fourth-order valence-corrected chi connectivity index (χ4v) is 1.75. The van der Waals surface area contributed by atoms with Gasteiger partial charge in [0.15, 0.2) is 0 Å². The molecule has 0 radical (unpaired) electrons. The normalized spacial score (nSPS) is 12.4. The quantitative estimate of drug-likeness (QED) is 0.684. The average molecular weight is 282 g/mol. The molecule has 1 aromatic carbocycles. The van der Waals surface area contributed by atoms with E-state index >= 15 is 0 Å². The fraction of sp³-hybridized carbons (Fsp3) is 0.273. The van der Waals surface area contributed by atoms with Crippen molar-refractivity contribution < 1.29 is 4.92 Å². The van der Waals surface area contributed by atoms with E-state index < -0.39 is 4.92 Å². The highest BCUT2D eigenvalue weighted by atomic mass is 35.5. The lowest BCUT2D eigenvalue weighted by atomic mass is 10.2. The van der Waals surface area contributed by atoms with E-state index in [0.29, 0.717) is 11.4 Å². The summed E-state index contributed by atoms with van der Waals surface area (Å²) in [6.45, 7) is 1.94. The Morgan fingerprint density at radius 1 is 1.58 bits per heavy atom. The molecule has 0 aliphatic rings. The van der Waals surface area contributed by atoms with Crippen LogP contribution in [0, 0.1) is 10.1 Å². The maximum absolute atomic E-state index is 10.8. The molecule has 0 spiro atoms. The van der Waals surface area contributed by atoms with Crippen LogP contribution in [0.5, 0.6) is 0 Å². The zero-order chi connectivity index (χ0) is 14.0. The Hall–Kier alpha value is -1.99. The summed E-state index contributed by atoms with van der Waals surface area (Å²) < 4.78 is 1.44. The van der Waals surface area contributed by atoms with Crippen LogP contribution in [0.15, 0.2) is 24.4 Å². The van der Waals surface area contributed by atoms with Crippen molar-refractivity contribution in [3.8, 4) is 5.69 Å². The van der Waals surface area contributed by atoms with E-state index in [9.17, 15) is 10.1 Å². The number of nitrogens with two attached hydrogens (primary N) is 1. The molecular formula is C11H12ClN5O2. The zero-order valence-electron chi connectivity index (χ0n) is 10.2. The summed E-state index contributed by atoms with van der Waals surface area (Å²) in [4.78, 5) is 10.3. The number of aromatic nitrogens is 3. The van der Waals surface area contributed by atoms with Gasteiger partial charge in [-0.3, -0.25) is 10.1 Å². The van der Waals surface area contributed by atoms with Crippen molar-refractivity contribution in [3.05, 3.63) is 45.2 Å². The van der Waals surface area contributed by atoms with Gasteiger partial charge in [0.25, 0.3) is 5.69 Å². The largest absolute Gasteiger partial charge is 0.323 e. The third kappa shape index (κ3) is 2.72. The van der Waals surface area contributed by atoms with Gasteiger partial charge < -0.3 is 5.73 Å². The minimum Gasteiger partial charge on any atom is -0.323 e. The maximum atomic E-state index is 10.8. The van der Waals surface area contributed by atoms with Crippen LogP contribution in [-0.4, -0.2) is 19.9 Å². The molecule has 0 saturated carbocycles. The number of nitro benzene ring substituents is 1. The summed E-state index contributed by atoms with van der Waals surface area (Å²) >= 11 is 5.75. The molecule has 2 N–H and O–H groups in total. The summed E-state index contributed by atoms with van der Waals surface area (Å²) in [5.74, 6) is 0. The summed E-state index contributed by atoms with van der Waals surface area (Å²) in [6, 6.07) is 4.23. The van der Waals surface area contributed by atoms with Crippen molar-refractivity contribution in [1.29, 1.82) is 0 Å². The highest BCUT2D eigenvalue weighted by molar-refractivity contribution is 6.32. The van der Waals surface area contributed by atoms with Gasteiger partial charge in [-0.2, -0.15) is 0 Å². The number of halogens is 1. The molecule has 0 amide bonds. The van der Waals surface area contributed by atoms with Crippen LogP contribution in [0.4, 0.5) is 5.69 Å². The highest BCUT2D eigenvalue weighted by Crippen LogP contribution is 2.26. The molecule has 8 heteroatoms. The van der Waals surface area contributed by atoms with Gasteiger partial charge in [-0.1, -0.05) is 23.7 Å². The molecule has 100 valence electrons. The predicted molar refractivity (Wildman–Crippen MR) is 70.2 cm³/mol. The van der Waals surface area contributed by atoms with Crippen LogP contribution in [0.2, 0.25) is 5.02 Å². The van der Waals surface area contributed by atoms with E-state index in [2.05, 4.69) is 10.3 Å². The van der Waals surface area contributed by atoms with Crippen LogP contribution < -0.4 is 5.73 Å². The van der Waals surface area contributed by atoms with Gasteiger partial charge in [-0.15, -0.1) is 5.10 Å². The van der Waals surface area contributed by atoms with Gasteiger partial charge in [0.05, 0.1) is 28.5 Å². The standard InChI is InChI=1S/C11H12ClN5O2/c1-2-9(13)10-6-16(15-14-10)7-3-4-8(12)11(5-7)17(18)19/h3-6,9H,2,13H2,1H3. The summed E-state index contributed by atoms with van der Waals surface area (Å²) in [5, 5.41) is 18.8. The van der Waals surface area contributed by atoms with E-state index in [4.69, 9.17) is 17.3 Å². The monoisotopic (exact) mass is 281 g/mol. The second-order valence-electron chi connectivity index (χ2n) is 4.00. The first kappa shape index (κ1) is 13.4.